The van der Waals surface area contributed by atoms with Gasteiger partial charge in [-0.15, -0.1) is 0 Å². The Bertz CT molecular complexity index is 537. The highest BCUT2D eigenvalue weighted by molar-refractivity contribution is 7.89. The number of para-hydroxylation sites is 1. The third-order valence-electron chi connectivity index (χ3n) is 3.03. The Labute approximate surface area is 112 Å². The Hall–Kier alpha value is -1.15. The minimum absolute atomic E-state index is 0.0556. The first kappa shape index (κ1) is 14.3. The first-order valence-electron chi connectivity index (χ1n) is 5.90. The number of rotatable bonds is 5. The van der Waals surface area contributed by atoms with Gasteiger partial charge < -0.3 is 14.6 Å². The standard InChI is InChI=1S/C12H17NO5S/c1-17-10-4-2-3-5-11(10)19(15,16)13-8-12(14)6-7-18-9-12/h2-5,13-14H,6-9H2,1H3/t12-/m1/s1. The molecule has 1 saturated heterocycles. The predicted molar refractivity (Wildman–Crippen MR) is 68.6 cm³/mol. The molecule has 6 nitrogen and oxygen atoms in total. The van der Waals surface area contributed by atoms with Crippen LogP contribution >= 0.6 is 0 Å². The first-order valence-corrected chi connectivity index (χ1v) is 7.38. The molecule has 0 saturated carbocycles. The summed E-state index contributed by atoms with van der Waals surface area (Å²) in [5, 5.41) is 10.0. The summed E-state index contributed by atoms with van der Waals surface area (Å²) in [5.74, 6) is 0.268. The maximum Gasteiger partial charge on any atom is 0.244 e. The lowest BCUT2D eigenvalue weighted by molar-refractivity contribution is 0.0314. The van der Waals surface area contributed by atoms with Gasteiger partial charge in [-0.2, -0.15) is 0 Å². The molecule has 1 heterocycles. The van der Waals surface area contributed by atoms with E-state index in [1.807, 2.05) is 0 Å². The molecule has 7 heteroatoms. The Balaban J connectivity index is 2.14. The van der Waals surface area contributed by atoms with Crippen molar-refractivity contribution >= 4 is 10.0 Å². The van der Waals surface area contributed by atoms with Crippen LogP contribution in [0.5, 0.6) is 5.75 Å². The second-order valence-electron chi connectivity index (χ2n) is 4.50. The molecule has 106 valence electrons. The molecular formula is C12H17NO5S. The predicted octanol–water partition coefficient (Wildman–Crippen LogP) is 0.125. The minimum Gasteiger partial charge on any atom is -0.495 e. The van der Waals surface area contributed by atoms with E-state index < -0.39 is 15.6 Å². The van der Waals surface area contributed by atoms with E-state index in [4.69, 9.17) is 9.47 Å². The molecule has 0 aliphatic carbocycles. The average Bonchev–Trinajstić information content (AvgIpc) is 2.84. The summed E-state index contributed by atoms with van der Waals surface area (Å²) in [5.41, 5.74) is -1.13. The van der Waals surface area contributed by atoms with Crippen LogP contribution in [0.4, 0.5) is 0 Å². The topological polar surface area (TPSA) is 84.9 Å². The zero-order valence-electron chi connectivity index (χ0n) is 10.6. The molecule has 1 aromatic rings. The molecule has 0 spiro atoms. The van der Waals surface area contributed by atoms with Crippen LogP contribution in [0, 0.1) is 0 Å². The molecule has 2 N–H and O–H groups in total. The largest absolute Gasteiger partial charge is 0.495 e. The number of methoxy groups -OCH3 is 1. The smallest absolute Gasteiger partial charge is 0.244 e. The van der Waals surface area contributed by atoms with Crippen LogP contribution in [0.15, 0.2) is 29.2 Å². The summed E-state index contributed by atoms with van der Waals surface area (Å²) in [7, 11) is -2.31. The van der Waals surface area contributed by atoms with E-state index in [9.17, 15) is 13.5 Å². The van der Waals surface area contributed by atoms with Gasteiger partial charge >= 0.3 is 0 Å². The van der Waals surface area contributed by atoms with Crippen molar-refractivity contribution in [2.75, 3.05) is 26.9 Å². The van der Waals surface area contributed by atoms with Gasteiger partial charge in [-0.05, 0) is 12.1 Å². The summed E-state index contributed by atoms with van der Waals surface area (Å²) >= 11 is 0. The highest BCUT2D eigenvalue weighted by Gasteiger charge is 2.34. The Morgan fingerprint density at radius 3 is 2.84 bits per heavy atom. The van der Waals surface area contributed by atoms with Gasteiger partial charge in [0.25, 0.3) is 0 Å². The summed E-state index contributed by atoms with van der Waals surface area (Å²) in [6, 6.07) is 6.33. The zero-order chi connectivity index (χ0) is 13.9. The van der Waals surface area contributed by atoms with Gasteiger partial charge in [0, 0.05) is 19.6 Å². The SMILES string of the molecule is COc1ccccc1S(=O)(=O)NC[C@]1(O)CCOC1. The molecule has 2 rings (SSSR count). The average molecular weight is 287 g/mol. The van der Waals surface area contributed by atoms with Crippen molar-refractivity contribution in [2.45, 2.75) is 16.9 Å². The second-order valence-corrected chi connectivity index (χ2v) is 6.24. The quantitative estimate of drug-likeness (QED) is 0.804. The minimum atomic E-state index is -3.72. The van der Waals surface area contributed by atoms with Gasteiger partial charge in [-0.25, -0.2) is 13.1 Å². The lowest BCUT2D eigenvalue weighted by atomic mass is 10.1. The zero-order valence-corrected chi connectivity index (χ0v) is 11.4. The number of nitrogens with one attached hydrogen (secondary N) is 1. The maximum atomic E-state index is 12.2. The summed E-state index contributed by atoms with van der Waals surface area (Å²) in [4.78, 5) is 0.0556. The lowest BCUT2D eigenvalue weighted by Crippen LogP contribution is -2.43. The van der Waals surface area contributed by atoms with Crippen LogP contribution < -0.4 is 9.46 Å². The molecule has 1 aliphatic heterocycles. The number of hydrogen-bond acceptors (Lipinski definition) is 5. The van der Waals surface area contributed by atoms with Gasteiger partial charge in [-0.3, -0.25) is 0 Å². The summed E-state index contributed by atoms with van der Waals surface area (Å²) in [6.45, 7) is 0.502. The van der Waals surface area contributed by atoms with Crippen molar-refractivity contribution < 1.29 is 23.0 Å². The molecule has 19 heavy (non-hydrogen) atoms. The molecule has 0 amide bonds. The van der Waals surface area contributed by atoms with Crippen molar-refractivity contribution in [1.82, 2.24) is 4.72 Å². The van der Waals surface area contributed by atoms with Crippen LogP contribution in [0.25, 0.3) is 0 Å². The summed E-state index contributed by atoms with van der Waals surface area (Å²) < 4.78 is 36.8. The third kappa shape index (κ3) is 3.24. The molecule has 1 aromatic carbocycles. The van der Waals surface area contributed by atoms with Gasteiger partial charge in [-0.1, -0.05) is 12.1 Å². The molecule has 1 atom stereocenters. The summed E-state index contributed by atoms with van der Waals surface area (Å²) in [6.07, 6.45) is 0.418. The highest BCUT2D eigenvalue weighted by atomic mass is 32.2. The van der Waals surface area contributed by atoms with E-state index in [1.165, 1.54) is 13.2 Å². The van der Waals surface area contributed by atoms with E-state index in [2.05, 4.69) is 4.72 Å². The van der Waals surface area contributed by atoms with E-state index in [1.54, 1.807) is 18.2 Å². The Morgan fingerprint density at radius 1 is 1.47 bits per heavy atom. The number of ether oxygens (including phenoxy) is 2. The van der Waals surface area contributed by atoms with E-state index in [0.29, 0.717) is 13.0 Å². The number of aliphatic hydroxyl groups is 1. The number of benzene rings is 1. The lowest BCUT2D eigenvalue weighted by Gasteiger charge is -2.21. The van der Waals surface area contributed by atoms with E-state index >= 15 is 0 Å². The van der Waals surface area contributed by atoms with Crippen molar-refractivity contribution in [1.29, 1.82) is 0 Å². The molecule has 0 aromatic heterocycles. The van der Waals surface area contributed by atoms with E-state index in [0.717, 1.165) is 0 Å². The van der Waals surface area contributed by atoms with Crippen molar-refractivity contribution in [3.8, 4) is 5.75 Å². The third-order valence-corrected chi connectivity index (χ3v) is 4.47. The van der Waals surface area contributed by atoms with Crippen LogP contribution in [-0.4, -0.2) is 46.0 Å². The molecule has 1 aliphatic rings. The van der Waals surface area contributed by atoms with Gasteiger partial charge in [0.2, 0.25) is 10.0 Å². The highest BCUT2D eigenvalue weighted by Crippen LogP contribution is 2.23. The molecule has 0 bridgehead atoms. The van der Waals surface area contributed by atoms with Crippen LogP contribution in [0.3, 0.4) is 0 Å². The molecule has 0 unspecified atom stereocenters. The van der Waals surface area contributed by atoms with Crippen LogP contribution in [0.1, 0.15) is 6.42 Å². The molecule has 0 radical (unpaired) electrons. The fourth-order valence-electron chi connectivity index (χ4n) is 1.88. The maximum absolute atomic E-state index is 12.2. The van der Waals surface area contributed by atoms with Gasteiger partial charge in [0.1, 0.15) is 16.2 Å². The first-order chi connectivity index (χ1) is 8.97. The fraction of sp³-hybridized carbons (Fsp3) is 0.500. The number of hydrogen-bond donors (Lipinski definition) is 2. The van der Waals surface area contributed by atoms with Crippen molar-refractivity contribution in [3.05, 3.63) is 24.3 Å². The van der Waals surface area contributed by atoms with E-state index in [-0.39, 0.29) is 23.8 Å². The van der Waals surface area contributed by atoms with Gasteiger partial charge in [0.15, 0.2) is 0 Å². The molecular weight excluding hydrogens is 270 g/mol. The van der Waals surface area contributed by atoms with Crippen LogP contribution in [-0.2, 0) is 14.8 Å². The number of sulfonamides is 1. The monoisotopic (exact) mass is 287 g/mol. The fourth-order valence-corrected chi connectivity index (χ4v) is 3.17. The normalized spacial score (nSPS) is 23.5. The molecule has 1 fully saturated rings. The van der Waals surface area contributed by atoms with Crippen molar-refractivity contribution in [2.24, 2.45) is 0 Å². The van der Waals surface area contributed by atoms with Crippen molar-refractivity contribution in [3.63, 3.8) is 0 Å². The second kappa shape index (κ2) is 5.46. The Kier molecular flexibility index (Phi) is 4.10. The Morgan fingerprint density at radius 2 is 2.21 bits per heavy atom. The van der Waals surface area contributed by atoms with Crippen LogP contribution in [0.2, 0.25) is 0 Å². The van der Waals surface area contributed by atoms with Gasteiger partial charge in [0.05, 0.1) is 13.7 Å².